The third kappa shape index (κ3) is 4.46. The van der Waals surface area contributed by atoms with E-state index in [0.717, 1.165) is 25.8 Å². The van der Waals surface area contributed by atoms with E-state index in [9.17, 15) is 0 Å². The Morgan fingerprint density at radius 3 is 2.60 bits per heavy atom. The van der Waals surface area contributed by atoms with Gasteiger partial charge in [0.1, 0.15) is 0 Å². The molecule has 106 valence electrons. The van der Waals surface area contributed by atoms with Gasteiger partial charge in [-0.2, -0.15) is 0 Å². The average molecular weight is 268 g/mol. The summed E-state index contributed by atoms with van der Waals surface area (Å²) in [6.45, 7) is 5.38. The molecule has 1 N–H and O–H groups in total. The molecule has 1 aromatic carbocycles. The lowest BCUT2D eigenvalue weighted by Crippen LogP contribution is -2.22. The van der Waals surface area contributed by atoms with E-state index >= 15 is 0 Å². The number of benzene rings is 1. The number of aryl methyl sites for hydroxylation is 2. The molecule has 2 rings (SSSR count). The number of hydrogen-bond donors (Lipinski definition) is 1. The van der Waals surface area contributed by atoms with Crippen LogP contribution >= 0.6 is 0 Å². The molecule has 1 heterocycles. The van der Waals surface area contributed by atoms with Crippen LogP contribution in [0, 0.1) is 6.92 Å². The molecule has 0 aliphatic carbocycles. The van der Waals surface area contributed by atoms with Gasteiger partial charge in [0.2, 0.25) is 0 Å². The lowest BCUT2D eigenvalue weighted by Gasteiger charge is -2.18. The second-order valence-electron chi connectivity index (χ2n) is 5.32. The summed E-state index contributed by atoms with van der Waals surface area (Å²) in [7, 11) is 0. The Hall–Kier alpha value is -1.67. The number of hydrogen-bond acceptors (Lipinski definition) is 2. The van der Waals surface area contributed by atoms with E-state index in [1.54, 1.807) is 0 Å². The number of rotatable bonds is 7. The lowest BCUT2D eigenvalue weighted by molar-refractivity contribution is 0.498. The Balaban J connectivity index is 1.99. The molecule has 2 heteroatoms. The van der Waals surface area contributed by atoms with Crippen molar-refractivity contribution in [3.8, 4) is 0 Å². The van der Waals surface area contributed by atoms with Gasteiger partial charge in [-0.05, 0) is 49.9 Å². The minimum Gasteiger partial charge on any atom is -0.310 e. The molecule has 2 aromatic rings. The monoisotopic (exact) mass is 268 g/mol. The predicted octanol–water partition coefficient (Wildman–Crippen LogP) is 4.06. The molecule has 20 heavy (non-hydrogen) atoms. The SMILES string of the molecule is CCCNC(CCc1ccc(C)cc1)c1cccnc1. The van der Waals surface area contributed by atoms with Gasteiger partial charge >= 0.3 is 0 Å². The van der Waals surface area contributed by atoms with E-state index in [1.165, 1.54) is 16.7 Å². The van der Waals surface area contributed by atoms with Gasteiger partial charge in [0.05, 0.1) is 0 Å². The Labute approximate surface area is 122 Å². The van der Waals surface area contributed by atoms with Crippen molar-refractivity contribution < 1.29 is 0 Å². The zero-order valence-corrected chi connectivity index (χ0v) is 12.5. The van der Waals surface area contributed by atoms with Crippen LogP contribution in [0.4, 0.5) is 0 Å². The summed E-state index contributed by atoms with van der Waals surface area (Å²) in [4.78, 5) is 4.24. The molecule has 1 unspecified atom stereocenters. The number of aromatic nitrogens is 1. The van der Waals surface area contributed by atoms with Crippen LogP contribution in [-0.4, -0.2) is 11.5 Å². The van der Waals surface area contributed by atoms with Gasteiger partial charge in [-0.15, -0.1) is 0 Å². The number of nitrogens with zero attached hydrogens (tertiary/aromatic N) is 1. The summed E-state index contributed by atoms with van der Waals surface area (Å²) in [5.74, 6) is 0. The van der Waals surface area contributed by atoms with Gasteiger partial charge in [0.25, 0.3) is 0 Å². The zero-order valence-electron chi connectivity index (χ0n) is 12.5. The third-order valence-electron chi connectivity index (χ3n) is 3.57. The van der Waals surface area contributed by atoms with Crippen LogP contribution in [0.2, 0.25) is 0 Å². The fourth-order valence-electron chi connectivity index (χ4n) is 2.35. The third-order valence-corrected chi connectivity index (χ3v) is 3.57. The Morgan fingerprint density at radius 1 is 1.15 bits per heavy atom. The number of nitrogens with one attached hydrogen (secondary N) is 1. The van der Waals surface area contributed by atoms with Gasteiger partial charge in [-0.3, -0.25) is 4.98 Å². The van der Waals surface area contributed by atoms with Crippen molar-refractivity contribution in [2.75, 3.05) is 6.54 Å². The normalized spacial score (nSPS) is 12.3. The van der Waals surface area contributed by atoms with Gasteiger partial charge in [0.15, 0.2) is 0 Å². The maximum Gasteiger partial charge on any atom is 0.0338 e. The molecule has 0 aliphatic rings. The van der Waals surface area contributed by atoms with E-state index in [0.29, 0.717) is 6.04 Å². The van der Waals surface area contributed by atoms with Crippen molar-refractivity contribution >= 4 is 0 Å². The molecule has 2 nitrogen and oxygen atoms in total. The maximum atomic E-state index is 4.24. The van der Waals surface area contributed by atoms with E-state index in [1.807, 2.05) is 18.5 Å². The smallest absolute Gasteiger partial charge is 0.0338 e. The van der Waals surface area contributed by atoms with Crippen molar-refractivity contribution in [1.82, 2.24) is 10.3 Å². The first-order valence-electron chi connectivity index (χ1n) is 7.48. The highest BCUT2D eigenvalue weighted by Gasteiger charge is 2.10. The molecule has 0 fully saturated rings. The van der Waals surface area contributed by atoms with Gasteiger partial charge in [-0.1, -0.05) is 42.8 Å². The second-order valence-corrected chi connectivity index (χ2v) is 5.32. The summed E-state index contributed by atoms with van der Waals surface area (Å²) in [6.07, 6.45) is 7.16. The molecule has 0 radical (unpaired) electrons. The summed E-state index contributed by atoms with van der Waals surface area (Å²) < 4.78 is 0. The van der Waals surface area contributed by atoms with E-state index in [4.69, 9.17) is 0 Å². The summed E-state index contributed by atoms with van der Waals surface area (Å²) in [5.41, 5.74) is 4.01. The molecule has 0 amide bonds. The molecule has 1 aromatic heterocycles. The Bertz CT molecular complexity index is 491. The fourth-order valence-corrected chi connectivity index (χ4v) is 2.35. The fraction of sp³-hybridized carbons (Fsp3) is 0.389. The van der Waals surface area contributed by atoms with E-state index in [-0.39, 0.29) is 0 Å². The lowest BCUT2D eigenvalue weighted by atomic mass is 9.99. The van der Waals surface area contributed by atoms with Crippen molar-refractivity contribution in [3.05, 3.63) is 65.5 Å². The van der Waals surface area contributed by atoms with Crippen LogP contribution in [0.3, 0.4) is 0 Å². The minimum absolute atomic E-state index is 0.393. The van der Waals surface area contributed by atoms with Crippen molar-refractivity contribution in [3.63, 3.8) is 0 Å². The van der Waals surface area contributed by atoms with Gasteiger partial charge in [-0.25, -0.2) is 0 Å². The molecule has 0 spiro atoms. The van der Waals surface area contributed by atoms with Crippen LogP contribution in [0.1, 0.15) is 42.5 Å². The maximum absolute atomic E-state index is 4.24. The zero-order chi connectivity index (χ0) is 14.2. The highest BCUT2D eigenvalue weighted by molar-refractivity contribution is 5.22. The molecular formula is C18H24N2. The topological polar surface area (TPSA) is 24.9 Å². The van der Waals surface area contributed by atoms with Gasteiger partial charge in [0, 0.05) is 18.4 Å². The Kier molecular flexibility index (Phi) is 5.75. The Morgan fingerprint density at radius 2 is 1.95 bits per heavy atom. The van der Waals surface area contributed by atoms with Crippen LogP contribution in [-0.2, 0) is 6.42 Å². The van der Waals surface area contributed by atoms with E-state index in [2.05, 4.69) is 54.5 Å². The van der Waals surface area contributed by atoms with Crippen molar-refractivity contribution in [1.29, 1.82) is 0 Å². The van der Waals surface area contributed by atoms with Crippen LogP contribution < -0.4 is 5.32 Å². The van der Waals surface area contributed by atoms with Crippen LogP contribution in [0.25, 0.3) is 0 Å². The quantitative estimate of drug-likeness (QED) is 0.819. The average Bonchev–Trinajstić information content (AvgIpc) is 2.50. The number of pyridine rings is 1. The summed E-state index contributed by atoms with van der Waals surface area (Å²) in [5, 5.41) is 3.63. The van der Waals surface area contributed by atoms with Crippen molar-refractivity contribution in [2.24, 2.45) is 0 Å². The molecule has 1 atom stereocenters. The molecule has 0 saturated carbocycles. The minimum atomic E-state index is 0.393. The van der Waals surface area contributed by atoms with Crippen molar-refractivity contribution in [2.45, 2.75) is 39.2 Å². The standard InChI is InChI=1S/C18H24N2/c1-3-12-20-18(17-5-4-13-19-14-17)11-10-16-8-6-15(2)7-9-16/h4-9,13-14,18,20H,3,10-12H2,1-2H3. The first kappa shape index (κ1) is 14.7. The largest absolute Gasteiger partial charge is 0.310 e. The molecular weight excluding hydrogens is 244 g/mol. The van der Waals surface area contributed by atoms with Crippen LogP contribution in [0.5, 0.6) is 0 Å². The first-order chi connectivity index (χ1) is 9.79. The van der Waals surface area contributed by atoms with E-state index < -0.39 is 0 Å². The summed E-state index contributed by atoms with van der Waals surface area (Å²) >= 11 is 0. The second kappa shape index (κ2) is 7.81. The molecule has 0 aliphatic heterocycles. The van der Waals surface area contributed by atoms with Crippen LogP contribution in [0.15, 0.2) is 48.8 Å². The summed E-state index contributed by atoms with van der Waals surface area (Å²) in [6, 6.07) is 13.4. The first-order valence-corrected chi connectivity index (χ1v) is 7.48. The highest BCUT2D eigenvalue weighted by Crippen LogP contribution is 2.18. The predicted molar refractivity (Wildman–Crippen MR) is 84.8 cm³/mol. The molecule has 0 bridgehead atoms. The highest BCUT2D eigenvalue weighted by atomic mass is 14.9. The van der Waals surface area contributed by atoms with Gasteiger partial charge < -0.3 is 5.32 Å². The molecule has 0 saturated heterocycles.